The lowest BCUT2D eigenvalue weighted by Crippen LogP contribution is -2.29. The number of hydrogen-bond acceptors (Lipinski definition) is 8. The number of ether oxygens (including phenoxy) is 2. The Balaban J connectivity index is 1.67. The van der Waals surface area contributed by atoms with Crippen molar-refractivity contribution in [2.45, 2.75) is 39.3 Å². The lowest BCUT2D eigenvalue weighted by atomic mass is 10.2. The number of nitrogens with zero attached hydrogens (tertiary/aromatic N) is 6. The molecule has 1 N–H and O–H groups in total. The van der Waals surface area contributed by atoms with Crippen LogP contribution in [0.2, 0.25) is 0 Å². The summed E-state index contributed by atoms with van der Waals surface area (Å²) < 4.78 is 13.3. The van der Waals surface area contributed by atoms with Crippen molar-refractivity contribution in [1.29, 1.82) is 0 Å². The first-order valence-corrected chi connectivity index (χ1v) is 11.1. The van der Waals surface area contributed by atoms with Crippen molar-refractivity contribution in [1.82, 2.24) is 24.7 Å². The number of anilines is 1. The van der Waals surface area contributed by atoms with Gasteiger partial charge in [0.1, 0.15) is 22.0 Å². The van der Waals surface area contributed by atoms with Crippen LogP contribution in [0.5, 0.6) is 5.88 Å². The van der Waals surface area contributed by atoms with E-state index in [9.17, 15) is 9.90 Å². The van der Waals surface area contributed by atoms with E-state index in [1.165, 1.54) is 16.2 Å². The van der Waals surface area contributed by atoms with E-state index in [1.807, 2.05) is 6.92 Å². The van der Waals surface area contributed by atoms with Gasteiger partial charge in [-0.25, -0.2) is 24.4 Å². The number of hydrogen-bond donors (Lipinski definition) is 1. The summed E-state index contributed by atoms with van der Waals surface area (Å²) in [5.41, 5.74) is 0.747. The van der Waals surface area contributed by atoms with Crippen LogP contribution >= 0.6 is 11.3 Å². The molecule has 1 unspecified atom stereocenters. The fraction of sp³-hybridized carbons (Fsp3) is 0.450. The molecule has 0 aliphatic carbocycles. The molecule has 3 aromatic heterocycles. The molecular weight excluding hydrogens is 420 g/mol. The van der Waals surface area contributed by atoms with Gasteiger partial charge >= 0.3 is 6.09 Å². The van der Waals surface area contributed by atoms with Crippen molar-refractivity contribution < 1.29 is 19.4 Å². The highest BCUT2D eigenvalue weighted by Gasteiger charge is 2.23. The molecule has 0 bridgehead atoms. The molecule has 0 spiro atoms. The molecule has 0 radical (unpaired) electrons. The van der Waals surface area contributed by atoms with Gasteiger partial charge < -0.3 is 14.6 Å². The minimum atomic E-state index is -1.05. The first-order valence-electron chi connectivity index (χ1n) is 10.2. The zero-order valence-electron chi connectivity index (χ0n) is 17.4. The Labute approximate surface area is 183 Å². The summed E-state index contributed by atoms with van der Waals surface area (Å²) in [5, 5.41) is 14.7. The second kappa shape index (κ2) is 9.40. The predicted molar refractivity (Wildman–Crippen MR) is 115 cm³/mol. The fourth-order valence-corrected chi connectivity index (χ4v) is 4.29. The van der Waals surface area contributed by atoms with E-state index in [4.69, 9.17) is 9.47 Å². The van der Waals surface area contributed by atoms with E-state index < -0.39 is 6.09 Å². The molecule has 1 aliphatic heterocycles. The Morgan fingerprint density at radius 1 is 1.39 bits per heavy atom. The molecule has 1 atom stereocenters. The van der Waals surface area contributed by atoms with Gasteiger partial charge in [-0.3, -0.25) is 4.90 Å². The third-order valence-corrected chi connectivity index (χ3v) is 5.94. The Morgan fingerprint density at radius 2 is 2.26 bits per heavy atom. The third-order valence-electron chi connectivity index (χ3n) is 4.86. The number of amides is 1. The van der Waals surface area contributed by atoms with Crippen molar-refractivity contribution in [3.63, 3.8) is 0 Å². The molecule has 1 aliphatic rings. The number of rotatable bonds is 7. The van der Waals surface area contributed by atoms with E-state index >= 15 is 0 Å². The van der Waals surface area contributed by atoms with Crippen LogP contribution in [0.1, 0.15) is 39.3 Å². The number of carboxylic acid groups (broad SMARTS) is 1. The standard InChI is InChI=1S/C20H24N6O4S/c1-3-25(20(27)28)14-11-13(8-9-21-14)19-23-18(29-4-2)16(31-19)17-22-12-26(24-17)15-7-5-6-10-30-15/h8-9,11-12,15H,3-7,10H2,1-2H3,(H,27,28). The van der Waals surface area contributed by atoms with Gasteiger partial charge in [-0.2, -0.15) is 0 Å². The minimum Gasteiger partial charge on any atom is -0.477 e. The molecule has 1 amide bonds. The molecule has 0 aromatic carbocycles. The lowest BCUT2D eigenvalue weighted by Gasteiger charge is -2.21. The molecule has 4 rings (SSSR count). The van der Waals surface area contributed by atoms with Gasteiger partial charge in [-0.05, 0) is 45.2 Å². The van der Waals surface area contributed by atoms with Gasteiger partial charge in [-0.15, -0.1) is 16.4 Å². The van der Waals surface area contributed by atoms with Crippen LogP contribution in [-0.4, -0.2) is 55.7 Å². The van der Waals surface area contributed by atoms with E-state index in [1.54, 1.807) is 36.3 Å². The second-order valence-electron chi connectivity index (χ2n) is 6.89. The quantitative estimate of drug-likeness (QED) is 0.580. The SMILES string of the molecule is CCOc1nc(-c2ccnc(N(CC)C(=O)O)c2)sc1-c1ncn(C2CCCCO2)n1. The molecule has 10 nitrogen and oxygen atoms in total. The molecule has 1 fully saturated rings. The van der Waals surface area contributed by atoms with Gasteiger partial charge in [-0.1, -0.05) is 0 Å². The molecule has 0 saturated carbocycles. The summed E-state index contributed by atoms with van der Waals surface area (Å²) >= 11 is 1.39. The highest BCUT2D eigenvalue weighted by atomic mass is 32.1. The van der Waals surface area contributed by atoms with Crippen molar-refractivity contribution >= 4 is 23.2 Å². The van der Waals surface area contributed by atoms with Gasteiger partial charge in [0.2, 0.25) is 5.88 Å². The van der Waals surface area contributed by atoms with E-state index in [-0.39, 0.29) is 6.23 Å². The van der Waals surface area contributed by atoms with Crippen LogP contribution in [0, 0.1) is 0 Å². The molecule has 1 saturated heterocycles. The number of aromatic nitrogens is 5. The van der Waals surface area contributed by atoms with Crippen LogP contribution in [-0.2, 0) is 4.74 Å². The van der Waals surface area contributed by atoms with E-state index in [0.717, 1.165) is 36.3 Å². The maximum Gasteiger partial charge on any atom is 0.412 e. The molecule has 4 heterocycles. The lowest BCUT2D eigenvalue weighted by molar-refractivity contribution is -0.0395. The topological polar surface area (TPSA) is 115 Å². The normalized spacial score (nSPS) is 16.3. The van der Waals surface area contributed by atoms with Crippen LogP contribution in [0.15, 0.2) is 24.7 Å². The Morgan fingerprint density at radius 3 is 2.97 bits per heavy atom. The summed E-state index contributed by atoms with van der Waals surface area (Å²) in [6.45, 7) is 5.12. The molecule has 31 heavy (non-hydrogen) atoms. The Bertz CT molecular complexity index is 1050. The average molecular weight is 445 g/mol. The van der Waals surface area contributed by atoms with Gasteiger partial charge in [0, 0.05) is 24.9 Å². The van der Waals surface area contributed by atoms with Crippen LogP contribution in [0.25, 0.3) is 21.3 Å². The Hall–Kier alpha value is -3.05. The van der Waals surface area contributed by atoms with Crippen LogP contribution < -0.4 is 9.64 Å². The zero-order valence-corrected chi connectivity index (χ0v) is 18.2. The van der Waals surface area contributed by atoms with Gasteiger partial charge in [0.05, 0.1) is 6.61 Å². The number of pyridine rings is 1. The molecule has 3 aromatic rings. The summed E-state index contributed by atoms with van der Waals surface area (Å²) in [5.74, 6) is 1.32. The van der Waals surface area contributed by atoms with Crippen molar-refractivity contribution in [2.75, 3.05) is 24.7 Å². The second-order valence-corrected chi connectivity index (χ2v) is 7.88. The fourth-order valence-electron chi connectivity index (χ4n) is 3.35. The van der Waals surface area contributed by atoms with Crippen molar-refractivity contribution in [3.05, 3.63) is 24.7 Å². The van der Waals surface area contributed by atoms with E-state index in [2.05, 4.69) is 20.1 Å². The maximum absolute atomic E-state index is 11.5. The number of thiazole rings is 1. The van der Waals surface area contributed by atoms with Crippen molar-refractivity contribution in [3.8, 4) is 27.2 Å². The van der Waals surface area contributed by atoms with E-state index in [0.29, 0.717) is 35.7 Å². The van der Waals surface area contributed by atoms with Gasteiger partial charge in [0.15, 0.2) is 12.1 Å². The Kier molecular flexibility index (Phi) is 6.42. The predicted octanol–water partition coefficient (Wildman–Crippen LogP) is 4.07. The smallest absolute Gasteiger partial charge is 0.412 e. The first kappa shape index (κ1) is 21.2. The van der Waals surface area contributed by atoms with Crippen molar-refractivity contribution in [2.24, 2.45) is 0 Å². The monoisotopic (exact) mass is 444 g/mol. The maximum atomic E-state index is 11.5. The summed E-state index contributed by atoms with van der Waals surface area (Å²) in [6, 6.07) is 3.50. The van der Waals surface area contributed by atoms with Crippen LogP contribution in [0.4, 0.5) is 10.6 Å². The number of carbonyl (C=O) groups is 1. The molecule has 164 valence electrons. The zero-order chi connectivity index (χ0) is 21.8. The highest BCUT2D eigenvalue weighted by molar-refractivity contribution is 7.18. The largest absolute Gasteiger partial charge is 0.477 e. The summed E-state index contributed by atoms with van der Waals surface area (Å²) in [7, 11) is 0. The molecular formula is C20H24N6O4S. The minimum absolute atomic E-state index is 0.100. The highest BCUT2D eigenvalue weighted by Crippen LogP contribution is 2.39. The summed E-state index contributed by atoms with van der Waals surface area (Å²) in [4.78, 5) is 26.6. The molecule has 11 heteroatoms. The van der Waals surface area contributed by atoms with Gasteiger partial charge in [0.25, 0.3) is 0 Å². The average Bonchev–Trinajstić information content (AvgIpc) is 3.43. The summed E-state index contributed by atoms with van der Waals surface area (Å²) in [6.07, 6.45) is 5.17. The van der Waals surface area contributed by atoms with Crippen LogP contribution in [0.3, 0.4) is 0 Å². The third kappa shape index (κ3) is 4.52. The first-order chi connectivity index (χ1) is 15.1.